The molecule has 108 valence electrons. The summed E-state index contributed by atoms with van der Waals surface area (Å²) in [5, 5.41) is 8.68. The Morgan fingerprint density at radius 1 is 1.40 bits per heavy atom. The van der Waals surface area contributed by atoms with Crippen LogP contribution in [-0.4, -0.2) is 16.3 Å². The summed E-state index contributed by atoms with van der Waals surface area (Å²) in [5.41, 5.74) is 3.48. The van der Waals surface area contributed by atoms with Crippen LogP contribution in [0.25, 0.3) is 0 Å². The smallest absolute Gasteiger partial charge is 0.0596 e. The first kappa shape index (κ1) is 15.5. The van der Waals surface area contributed by atoms with Gasteiger partial charge >= 0.3 is 0 Å². The molecule has 1 aromatic heterocycles. The van der Waals surface area contributed by atoms with Gasteiger partial charge in [0, 0.05) is 34.7 Å². The van der Waals surface area contributed by atoms with Gasteiger partial charge in [0.15, 0.2) is 0 Å². The van der Waals surface area contributed by atoms with Crippen molar-refractivity contribution < 1.29 is 0 Å². The minimum Gasteiger partial charge on any atom is -0.310 e. The molecule has 1 aromatic carbocycles. The lowest BCUT2D eigenvalue weighted by atomic mass is 10.0. The van der Waals surface area contributed by atoms with E-state index in [0.29, 0.717) is 0 Å². The molecule has 0 saturated heterocycles. The first-order valence-electron chi connectivity index (χ1n) is 6.69. The molecule has 0 radical (unpaired) electrons. The third-order valence-electron chi connectivity index (χ3n) is 3.30. The first-order chi connectivity index (χ1) is 9.51. The molecule has 0 saturated carbocycles. The van der Waals surface area contributed by atoms with Crippen LogP contribution in [0.15, 0.2) is 28.7 Å². The number of aryl methyl sites for hydroxylation is 2. The van der Waals surface area contributed by atoms with Crippen LogP contribution in [0.2, 0.25) is 5.02 Å². The van der Waals surface area contributed by atoms with Crippen LogP contribution < -0.4 is 5.32 Å². The van der Waals surface area contributed by atoms with Gasteiger partial charge < -0.3 is 5.32 Å². The number of likely N-dealkylation sites (N-methyl/N-ethyl adjacent to an activating group) is 1. The van der Waals surface area contributed by atoms with Gasteiger partial charge in [-0.2, -0.15) is 5.10 Å². The second-order valence-corrected chi connectivity index (χ2v) is 6.17. The van der Waals surface area contributed by atoms with Gasteiger partial charge in [-0.1, -0.05) is 40.5 Å². The molecule has 1 unspecified atom stereocenters. The normalized spacial score (nSPS) is 12.7. The quantitative estimate of drug-likeness (QED) is 0.876. The summed E-state index contributed by atoms with van der Waals surface area (Å²) in [5.74, 6) is 0. The topological polar surface area (TPSA) is 29.9 Å². The molecule has 0 fully saturated rings. The van der Waals surface area contributed by atoms with Gasteiger partial charge in [-0.15, -0.1) is 0 Å². The van der Waals surface area contributed by atoms with E-state index >= 15 is 0 Å². The SMILES string of the molecule is CCNC(Cc1cc(C)nn1C)c1ccc(Cl)cc1Br. The van der Waals surface area contributed by atoms with E-state index in [0.717, 1.165) is 28.2 Å². The van der Waals surface area contributed by atoms with E-state index < -0.39 is 0 Å². The van der Waals surface area contributed by atoms with Crippen molar-refractivity contribution >= 4 is 27.5 Å². The molecule has 0 aliphatic heterocycles. The Labute approximate surface area is 133 Å². The molecule has 0 amide bonds. The first-order valence-corrected chi connectivity index (χ1v) is 7.86. The largest absolute Gasteiger partial charge is 0.310 e. The fourth-order valence-electron chi connectivity index (χ4n) is 2.39. The number of nitrogens with zero attached hydrogens (tertiary/aromatic N) is 2. The van der Waals surface area contributed by atoms with Crippen molar-refractivity contribution in [3.8, 4) is 0 Å². The lowest BCUT2D eigenvalue weighted by molar-refractivity contribution is 0.527. The van der Waals surface area contributed by atoms with Gasteiger partial charge in [-0.25, -0.2) is 0 Å². The number of rotatable bonds is 5. The van der Waals surface area contributed by atoms with Crippen molar-refractivity contribution in [3.63, 3.8) is 0 Å². The Balaban J connectivity index is 2.29. The summed E-state index contributed by atoms with van der Waals surface area (Å²) in [6, 6.07) is 8.31. The summed E-state index contributed by atoms with van der Waals surface area (Å²) < 4.78 is 2.98. The fourth-order valence-corrected chi connectivity index (χ4v) is 3.35. The van der Waals surface area contributed by atoms with Gasteiger partial charge in [0.2, 0.25) is 0 Å². The number of hydrogen-bond donors (Lipinski definition) is 1. The Hall–Kier alpha value is -0.840. The van der Waals surface area contributed by atoms with Crippen molar-refractivity contribution in [1.82, 2.24) is 15.1 Å². The summed E-state index contributed by atoms with van der Waals surface area (Å²) in [6.07, 6.45) is 0.894. The Morgan fingerprint density at radius 2 is 2.15 bits per heavy atom. The maximum atomic E-state index is 6.02. The zero-order valence-electron chi connectivity index (χ0n) is 12.0. The number of halogens is 2. The molecule has 1 N–H and O–H groups in total. The van der Waals surface area contributed by atoms with E-state index in [-0.39, 0.29) is 6.04 Å². The van der Waals surface area contributed by atoms with Gasteiger partial charge in [0.1, 0.15) is 0 Å². The van der Waals surface area contributed by atoms with Crippen LogP contribution in [0.4, 0.5) is 0 Å². The van der Waals surface area contributed by atoms with Crippen molar-refractivity contribution in [2.75, 3.05) is 6.54 Å². The number of benzene rings is 1. The molecule has 0 aliphatic rings. The van der Waals surface area contributed by atoms with Crippen molar-refractivity contribution in [2.24, 2.45) is 7.05 Å². The van der Waals surface area contributed by atoms with Gasteiger partial charge in [0.25, 0.3) is 0 Å². The molecule has 2 rings (SSSR count). The molecule has 0 bridgehead atoms. The molecular weight excluding hydrogens is 338 g/mol. The highest BCUT2D eigenvalue weighted by molar-refractivity contribution is 9.10. The summed E-state index contributed by atoms with van der Waals surface area (Å²) in [4.78, 5) is 0. The molecular formula is C15H19BrClN3. The van der Waals surface area contributed by atoms with Crippen molar-refractivity contribution in [3.05, 3.63) is 50.7 Å². The van der Waals surface area contributed by atoms with Crippen molar-refractivity contribution in [1.29, 1.82) is 0 Å². The molecule has 0 aliphatic carbocycles. The minimum atomic E-state index is 0.237. The second-order valence-electron chi connectivity index (χ2n) is 4.88. The van der Waals surface area contributed by atoms with Crippen LogP contribution in [0.5, 0.6) is 0 Å². The average molecular weight is 357 g/mol. The van der Waals surface area contributed by atoms with Crippen LogP contribution in [0, 0.1) is 6.92 Å². The average Bonchev–Trinajstić information content (AvgIpc) is 2.67. The van der Waals surface area contributed by atoms with E-state index in [1.807, 2.05) is 30.8 Å². The number of nitrogens with one attached hydrogen (secondary N) is 1. The number of hydrogen-bond acceptors (Lipinski definition) is 2. The molecule has 1 heterocycles. The lowest BCUT2D eigenvalue weighted by Crippen LogP contribution is -2.24. The highest BCUT2D eigenvalue weighted by Gasteiger charge is 2.16. The van der Waals surface area contributed by atoms with Crippen molar-refractivity contribution in [2.45, 2.75) is 26.3 Å². The third-order valence-corrected chi connectivity index (χ3v) is 4.22. The molecule has 1 atom stereocenters. The Kier molecular flexibility index (Phi) is 5.24. The van der Waals surface area contributed by atoms with E-state index in [2.05, 4.69) is 45.4 Å². The fraction of sp³-hybridized carbons (Fsp3) is 0.400. The summed E-state index contributed by atoms with van der Waals surface area (Å²) in [7, 11) is 1.99. The zero-order valence-corrected chi connectivity index (χ0v) is 14.3. The van der Waals surface area contributed by atoms with E-state index in [4.69, 9.17) is 11.6 Å². The minimum absolute atomic E-state index is 0.237. The van der Waals surface area contributed by atoms with Crippen LogP contribution in [0.1, 0.15) is 29.9 Å². The van der Waals surface area contributed by atoms with E-state index in [1.54, 1.807) is 0 Å². The summed E-state index contributed by atoms with van der Waals surface area (Å²) in [6.45, 7) is 5.05. The van der Waals surface area contributed by atoms with Crippen LogP contribution >= 0.6 is 27.5 Å². The number of aromatic nitrogens is 2. The molecule has 3 nitrogen and oxygen atoms in total. The standard InChI is InChI=1S/C15H19BrClN3/c1-4-18-15(9-12-7-10(2)19-20(12)3)13-6-5-11(17)8-14(13)16/h5-8,15,18H,4,9H2,1-3H3. The molecule has 5 heteroatoms. The maximum Gasteiger partial charge on any atom is 0.0596 e. The highest BCUT2D eigenvalue weighted by atomic mass is 79.9. The lowest BCUT2D eigenvalue weighted by Gasteiger charge is -2.20. The monoisotopic (exact) mass is 355 g/mol. The predicted molar refractivity (Wildman–Crippen MR) is 87.2 cm³/mol. The summed E-state index contributed by atoms with van der Waals surface area (Å²) >= 11 is 9.63. The maximum absolute atomic E-state index is 6.02. The van der Waals surface area contributed by atoms with Gasteiger partial charge in [-0.05, 0) is 37.2 Å². The van der Waals surface area contributed by atoms with Crippen LogP contribution in [-0.2, 0) is 13.5 Å². The van der Waals surface area contributed by atoms with Gasteiger partial charge in [-0.3, -0.25) is 4.68 Å². The molecule has 20 heavy (non-hydrogen) atoms. The predicted octanol–water partition coefficient (Wildman–Crippen LogP) is 4.04. The van der Waals surface area contributed by atoms with Gasteiger partial charge in [0.05, 0.1) is 5.69 Å². The van der Waals surface area contributed by atoms with E-state index in [1.165, 1.54) is 11.3 Å². The van der Waals surface area contributed by atoms with E-state index in [9.17, 15) is 0 Å². The molecule has 2 aromatic rings. The van der Waals surface area contributed by atoms with Crippen LogP contribution in [0.3, 0.4) is 0 Å². The molecule has 0 spiro atoms. The highest BCUT2D eigenvalue weighted by Crippen LogP contribution is 2.28. The zero-order chi connectivity index (χ0) is 14.7. The Bertz CT molecular complexity index is 595. The second kappa shape index (κ2) is 6.74. The Morgan fingerprint density at radius 3 is 2.70 bits per heavy atom. The third kappa shape index (κ3) is 3.62.